The van der Waals surface area contributed by atoms with Crippen LogP contribution in [0.25, 0.3) is 5.52 Å². The molecule has 1 amide bonds. The summed E-state index contributed by atoms with van der Waals surface area (Å²) in [5.41, 5.74) is 3.82. The lowest BCUT2D eigenvalue weighted by atomic mass is 9.96. The molecule has 3 aromatic rings. The fourth-order valence-corrected chi connectivity index (χ4v) is 4.41. The number of nitrogens with zero attached hydrogens (tertiary/aromatic N) is 7. The molecule has 0 aromatic carbocycles. The Morgan fingerprint density at radius 2 is 1.93 bits per heavy atom. The van der Waals surface area contributed by atoms with Crippen LogP contribution < -0.4 is 4.90 Å². The zero-order valence-electron chi connectivity index (χ0n) is 18.0. The van der Waals surface area contributed by atoms with Gasteiger partial charge in [-0.3, -0.25) is 9.48 Å². The smallest absolute Gasteiger partial charge is 0.274 e. The Morgan fingerprint density at radius 3 is 2.60 bits per heavy atom. The van der Waals surface area contributed by atoms with E-state index in [0.717, 1.165) is 49.5 Å². The van der Waals surface area contributed by atoms with E-state index >= 15 is 0 Å². The number of aromatic nitrogens is 5. The van der Waals surface area contributed by atoms with Crippen LogP contribution >= 0.6 is 0 Å². The highest BCUT2D eigenvalue weighted by molar-refractivity contribution is 5.92. The molecular formula is C22H29N7O. The van der Waals surface area contributed by atoms with Gasteiger partial charge in [-0.05, 0) is 50.7 Å². The first-order chi connectivity index (χ1) is 14.5. The summed E-state index contributed by atoms with van der Waals surface area (Å²) in [6.45, 7) is 4.62. The average Bonchev–Trinajstić information content (AvgIpc) is 3.42. The fourth-order valence-electron chi connectivity index (χ4n) is 4.41. The SMILES string of the molecule is Cc1cc(C(=O)N(C)CC2CCN(c3nccn4nc(C5CC5)cc34)CC2)nn1C. The van der Waals surface area contributed by atoms with Crippen molar-refractivity contribution < 1.29 is 4.79 Å². The monoisotopic (exact) mass is 407 g/mol. The topological polar surface area (TPSA) is 71.6 Å². The van der Waals surface area contributed by atoms with E-state index in [1.807, 2.05) is 48.9 Å². The van der Waals surface area contributed by atoms with Gasteiger partial charge in [0.15, 0.2) is 11.5 Å². The van der Waals surface area contributed by atoms with Crippen molar-refractivity contribution in [3.8, 4) is 0 Å². The molecule has 0 radical (unpaired) electrons. The molecular weight excluding hydrogens is 378 g/mol. The standard InChI is InChI=1S/C22H29N7O/c1-15-12-19(24-27(15)3)22(30)26(2)14-16-6-9-28(10-7-16)21-20-13-18(17-4-5-17)25-29(20)11-8-23-21/h8,11-13,16-17H,4-7,9-10,14H2,1-3H3. The highest BCUT2D eigenvalue weighted by atomic mass is 16.2. The summed E-state index contributed by atoms with van der Waals surface area (Å²) < 4.78 is 3.72. The number of anilines is 1. The molecule has 0 atom stereocenters. The molecule has 0 spiro atoms. The largest absolute Gasteiger partial charge is 0.355 e. The summed E-state index contributed by atoms with van der Waals surface area (Å²) in [4.78, 5) is 21.6. The zero-order chi connectivity index (χ0) is 20.8. The summed E-state index contributed by atoms with van der Waals surface area (Å²) >= 11 is 0. The van der Waals surface area contributed by atoms with Gasteiger partial charge >= 0.3 is 0 Å². The van der Waals surface area contributed by atoms with Crippen LogP contribution in [0.5, 0.6) is 0 Å². The van der Waals surface area contributed by atoms with Crippen molar-refractivity contribution >= 4 is 17.2 Å². The van der Waals surface area contributed by atoms with Crippen LogP contribution in [0.1, 0.15) is 53.5 Å². The van der Waals surface area contributed by atoms with E-state index in [2.05, 4.69) is 21.0 Å². The second kappa shape index (κ2) is 7.41. The molecule has 4 heterocycles. The Labute approximate surface area is 176 Å². The average molecular weight is 408 g/mol. The predicted molar refractivity (Wildman–Crippen MR) is 115 cm³/mol. The Hall–Kier alpha value is -2.90. The van der Waals surface area contributed by atoms with Crippen molar-refractivity contribution in [3.63, 3.8) is 0 Å². The van der Waals surface area contributed by atoms with Crippen LogP contribution in [-0.2, 0) is 7.05 Å². The molecule has 3 aromatic heterocycles. The van der Waals surface area contributed by atoms with Gasteiger partial charge in [0.25, 0.3) is 5.91 Å². The summed E-state index contributed by atoms with van der Waals surface area (Å²) in [5, 5.41) is 9.06. The predicted octanol–water partition coefficient (Wildman–Crippen LogP) is 2.64. The minimum atomic E-state index is -0.000528. The Kier molecular flexibility index (Phi) is 4.72. The van der Waals surface area contributed by atoms with Gasteiger partial charge in [-0.2, -0.15) is 10.2 Å². The zero-order valence-corrected chi connectivity index (χ0v) is 18.0. The summed E-state index contributed by atoms with van der Waals surface area (Å²) in [6, 6.07) is 4.07. The van der Waals surface area contributed by atoms with Crippen LogP contribution in [0.2, 0.25) is 0 Å². The lowest BCUT2D eigenvalue weighted by Gasteiger charge is -2.34. The molecule has 158 valence electrons. The first-order valence-corrected chi connectivity index (χ1v) is 10.8. The molecule has 0 N–H and O–H groups in total. The molecule has 1 saturated carbocycles. The van der Waals surface area contributed by atoms with Crippen LogP contribution in [0.3, 0.4) is 0 Å². The van der Waals surface area contributed by atoms with Crippen molar-refractivity contribution in [1.29, 1.82) is 0 Å². The van der Waals surface area contributed by atoms with E-state index in [4.69, 9.17) is 5.10 Å². The van der Waals surface area contributed by atoms with Gasteiger partial charge in [0.2, 0.25) is 0 Å². The molecule has 2 aliphatic rings. The Balaban J connectivity index is 1.22. The molecule has 5 rings (SSSR count). The maximum atomic E-state index is 12.7. The number of hydrogen-bond acceptors (Lipinski definition) is 5. The van der Waals surface area contributed by atoms with Crippen molar-refractivity contribution in [2.45, 2.75) is 38.5 Å². The number of carbonyl (C=O) groups excluding carboxylic acids is 1. The van der Waals surface area contributed by atoms with Crippen LogP contribution in [0.15, 0.2) is 24.5 Å². The highest BCUT2D eigenvalue weighted by Crippen LogP contribution is 2.40. The molecule has 1 aliphatic heterocycles. The quantitative estimate of drug-likeness (QED) is 0.650. The molecule has 0 bridgehead atoms. The molecule has 8 nitrogen and oxygen atoms in total. The van der Waals surface area contributed by atoms with Crippen molar-refractivity contribution in [2.75, 3.05) is 31.6 Å². The van der Waals surface area contributed by atoms with Gasteiger partial charge in [-0.15, -0.1) is 0 Å². The Bertz CT molecular complexity index is 1050. The maximum absolute atomic E-state index is 12.7. The molecule has 1 aliphatic carbocycles. The third kappa shape index (κ3) is 3.55. The number of hydrogen-bond donors (Lipinski definition) is 0. The van der Waals surface area contributed by atoms with Gasteiger partial charge < -0.3 is 9.80 Å². The third-order valence-corrected chi connectivity index (χ3v) is 6.51. The molecule has 1 saturated heterocycles. The normalized spacial score (nSPS) is 17.6. The Morgan fingerprint density at radius 1 is 1.17 bits per heavy atom. The third-order valence-electron chi connectivity index (χ3n) is 6.51. The molecule has 0 unspecified atom stereocenters. The lowest BCUT2D eigenvalue weighted by Crippen LogP contribution is -2.40. The molecule has 30 heavy (non-hydrogen) atoms. The van der Waals surface area contributed by atoms with E-state index in [1.165, 1.54) is 18.5 Å². The minimum Gasteiger partial charge on any atom is -0.355 e. The summed E-state index contributed by atoms with van der Waals surface area (Å²) in [7, 11) is 3.75. The van der Waals surface area contributed by atoms with E-state index in [1.54, 1.807) is 4.68 Å². The number of aryl methyl sites for hydroxylation is 2. The number of amides is 1. The second-order valence-corrected chi connectivity index (χ2v) is 8.83. The second-order valence-electron chi connectivity index (χ2n) is 8.83. The fraction of sp³-hybridized carbons (Fsp3) is 0.545. The van der Waals surface area contributed by atoms with Crippen molar-refractivity contribution in [2.24, 2.45) is 13.0 Å². The summed E-state index contributed by atoms with van der Waals surface area (Å²) in [5.74, 6) is 2.16. The van der Waals surface area contributed by atoms with E-state index in [9.17, 15) is 4.79 Å². The highest BCUT2D eigenvalue weighted by Gasteiger charge is 2.28. The number of rotatable bonds is 5. The first-order valence-electron chi connectivity index (χ1n) is 10.8. The van der Waals surface area contributed by atoms with Gasteiger partial charge in [0.05, 0.1) is 5.69 Å². The minimum absolute atomic E-state index is 0.000528. The van der Waals surface area contributed by atoms with Gasteiger partial charge in [-0.25, -0.2) is 9.50 Å². The number of fused-ring (bicyclic) bond motifs is 1. The van der Waals surface area contributed by atoms with Gasteiger partial charge in [-0.1, -0.05) is 0 Å². The van der Waals surface area contributed by atoms with Gasteiger partial charge in [0, 0.05) is 57.7 Å². The van der Waals surface area contributed by atoms with E-state index < -0.39 is 0 Å². The first kappa shape index (κ1) is 19.1. The lowest BCUT2D eigenvalue weighted by molar-refractivity contribution is 0.0758. The van der Waals surface area contributed by atoms with E-state index in [-0.39, 0.29) is 5.91 Å². The van der Waals surface area contributed by atoms with Crippen LogP contribution in [-0.4, -0.2) is 61.9 Å². The maximum Gasteiger partial charge on any atom is 0.274 e. The van der Waals surface area contributed by atoms with Crippen molar-refractivity contribution in [1.82, 2.24) is 29.3 Å². The van der Waals surface area contributed by atoms with Crippen LogP contribution in [0, 0.1) is 12.8 Å². The van der Waals surface area contributed by atoms with Crippen molar-refractivity contribution in [3.05, 3.63) is 41.6 Å². The molecule has 2 fully saturated rings. The number of piperidine rings is 1. The molecule has 8 heteroatoms. The van der Waals surface area contributed by atoms with E-state index in [0.29, 0.717) is 17.5 Å². The van der Waals surface area contributed by atoms with Crippen LogP contribution in [0.4, 0.5) is 5.82 Å². The summed E-state index contributed by atoms with van der Waals surface area (Å²) in [6.07, 6.45) is 8.39. The number of carbonyl (C=O) groups is 1. The van der Waals surface area contributed by atoms with Gasteiger partial charge in [0.1, 0.15) is 5.52 Å².